The number of carbonyl (C=O) groups is 3. The highest BCUT2D eigenvalue weighted by Crippen LogP contribution is 2.17. The van der Waals surface area contributed by atoms with Crippen LogP contribution in [0.15, 0.2) is 54.6 Å². The van der Waals surface area contributed by atoms with Crippen LogP contribution in [0.25, 0.3) is 0 Å². The number of esters is 1. The molecule has 2 amide bonds. The predicted molar refractivity (Wildman–Crippen MR) is 108 cm³/mol. The zero-order chi connectivity index (χ0) is 21.3. The third kappa shape index (κ3) is 6.05. The molecule has 2 aromatic carbocycles. The summed E-state index contributed by atoms with van der Waals surface area (Å²) in [6.45, 7) is 2.65. The minimum atomic E-state index is -1.09. The fourth-order valence-electron chi connectivity index (χ4n) is 2.82. The molecule has 0 aliphatic carbocycles. The van der Waals surface area contributed by atoms with Crippen LogP contribution in [0.2, 0.25) is 0 Å². The number of ether oxygens (including phenoxy) is 3. The van der Waals surface area contributed by atoms with E-state index in [2.05, 4.69) is 10.9 Å². The third-order valence-corrected chi connectivity index (χ3v) is 4.54. The van der Waals surface area contributed by atoms with Gasteiger partial charge in [0.05, 0.1) is 11.7 Å². The van der Waals surface area contributed by atoms with Crippen LogP contribution in [0.4, 0.5) is 0 Å². The Kier molecular flexibility index (Phi) is 7.40. The standard InChI is InChI=1S/C22H24N2O6/c1-15(20(25)23-24-21(26)16-6-3-2-4-7-16)30-22(27)17-9-11-18(12-10-17)29-14-19-8-5-13-28-19/h2-4,6-7,9-12,15,19H,5,8,13-14H2,1H3,(H,23,25)(H,24,26)/t15-,19+/m1/s1. The van der Waals surface area contributed by atoms with Gasteiger partial charge in [0.15, 0.2) is 6.10 Å². The second-order valence-electron chi connectivity index (χ2n) is 6.83. The van der Waals surface area contributed by atoms with Crippen LogP contribution in [0.5, 0.6) is 5.75 Å². The van der Waals surface area contributed by atoms with E-state index in [0.717, 1.165) is 19.4 Å². The van der Waals surface area contributed by atoms with Gasteiger partial charge in [-0.2, -0.15) is 0 Å². The van der Waals surface area contributed by atoms with Gasteiger partial charge in [-0.1, -0.05) is 18.2 Å². The smallest absolute Gasteiger partial charge is 0.338 e. The summed E-state index contributed by atoms with van der Waals surface area (Å²) in [5, 5.41) is 0. The van der Waals surface area contributed by atoms with E-state index in [1.165, 1.54) is 6.92 Å². The summed E-state index contributed by atoms with van der Waals surface area (Å²) in [4.78, 5) is 36.3. The third-order valence-electron chi connectivity index (χ3n) is 4.54. The second-order valence-corrected chi connectivity index (χ2v) is 6.83. The molecule has 1 fully saturated rings. The highest BCUT2D eigenvalue weighted by molar-refractivity contribution is 5.96. The molecule has 2 aromatic rings. The number of amides is 2. The van der Waals surface area contributed by atoms with E-state index < -0.39 is 23.9 Å². The molecule has 0 spiro atoms. The Morgan fingerprint density at radius 2 is 1.77 bits per heavy atom. The highest BCUT2D eigenvalue weighted by Gasteiger charge is 2.20. The van der Waals surface area contributed by atoms with Gasteiger partial charge in [0.1, 0.15) is 12.4 Å². The fraction of sp³-hybridized carbons (Fsp3) is 0.318. The topological polar surface area (TPSA) is 103 Å². The molecule has 8 nitrogen and oxygen atoms in total. The molecule has 30 heavy (non-hydrogen) atoms. The van der Waals surface area contributed by atoms with Crippen molar-refractivity contribution in [2.75, 3.05) is 13.2 Å². The van der Waals surface area contributed by atoms with Crippen molar-refractivity contribution in [3.63, 3.8) is 0 Å². The van der Waals surface area contributed by atoms with Crippen LogP contribution >= 0.6 is 0 Å². The van der Waals surface area contributed by atoms with E-state index in [0.29, 0.717) is 17.9 Å². The van der Waals surface area contributed by atoms with Gasteiger partial charge >= 0.3 is 5.97 Å². The largest absolute Gasteiger partial charge is 0.491 e. The molecule has 0 unspecified atom stereocenters. The maximum absolute atomic E-state index is 12.2. The summed E-state index contributed by atoms with van der Waals surface area (Å²) < 4.78 is 16.3. The lowest BCUT2D eigenvalue weighted by atomic mass is 10.2. The Labute approximate surface area is 174 Å². The van der Waals surface area contributed by atoms with Gasteiger partial charge in [0.2, 0.25) is 0 Å². The molecule has 1 heterocycles. The van der Waals surface area contributed by atoms with Crippen molar-refractivity contribution < 1.29 is 28.6 Å². The van der Waals surface area contributed by atoms with Crippen LogP contribution in [-0.4, -0.2) is 43.2 Å². The summed E-state index contributed by atoms with van der Waals surface area (Å²) in [6, 6.07) is 14.9. The first-order valence-electron chi connectivity index (χ1n) is 9.73. The summed E-state index contributed by atoms with van der Waals surface area (Å²) >= 11 is 0. The highest BCUT2D eigenvalue weighted by atomic mass is 16.5. The molecule has 2 N–H and O–H groups in total. The van der Waals surface area contributed by atoms with Gasteiger partial charge in [-0.05, 0) is 56.2 Å². The minimum Gasteiger partial charge on any atom is -0.491 e. The fourth-order valence-corrected chi connectivity index (χ4v) is 2.82. The van der Waals surface area contributed by atoms with Gasteiger partial charge in [-0.15, -0.1) is 0 Å². The average molecular weight is 412 g/mol. The van der Waals surface area contributed by atoms with E-state index in [1.54, 1.807) is 54.6 Å². The number of hydrogen-bond acceptors (Lipinski definition) is 6. The van der Waals surface area contributed by atoms with Gasteiger partial charge in [0.25, 0.3) is 11.8 Å². The number of nitrogens with one attached hydrogen (secondary N) is 2. The molecular weight excluding hydrogens is 388 g/mol. The first-order valence-corrected chi connectivity index (χ1v) is 9.73. The van der Waals surface area contributed by atoms with E-state index in [9.17, 15) is 14.4 Å². The average Bonchev–Trinajstić information content (AvgIpc) is 3.30. The summed E-state index contributed by atoms with van der Waals surface area (Å²) in [7, 11) is 0. The quantitative estimate of drug-likeness (QED) is 0.534. The van der Waals surface area contributed by atoms with E-state index >= 15 is 0 Å². The lowest BCUT2D eigenvalue weighted by molar-refractivity contribution is -0.129. The molecule has 2 atom stereocenters. The van der Waals surface area contributed by atoms with Gasteiger partial charge < -0.3 is 14.2 Å². The normalized spacial score (nSPS) is 16.4. The Morgan fingerprint density at radius 1 is 1.03 bits per heavy atom. The van der Waals surface area contributed by atoms with Crippen LogP contribution in [0, 0.1) is 0 Å². The Bertz CT molecular complexity index is 863. The molecule has 1 aliphatic heterocycles. The summed E-state index contributed by atoms with van der Waals surface area (Å²) in [5.41, 5.74) is 5.20. The zero-order valence-electron chi connectivity index (χ0n) is 16.6. The molecule has 8 heteroatoms. The van der Waals surface area contributed by atoms with E-state index in [4.69, 9.17) is 14.2 Å². The molecule has 0 saturated carbocycles. The number of hydrazine groups is 1. The van der Waals surface area contributed by atoms with Crippen molar-refractivity contribution in [3.05, 3.63) is 65.7 Å². The first-order chi connectivity index (χ1) is 14.5. The van der Waals surface area contributed by atoms with E-state index in [1.807, 2.05) is 0 Å². The van der Waals surface area contributed by atoms with Crippen molar-refractivity contribution in [1.29, 1.82) is 0 Å². The number of hydrogen-bond donors (Lipinski definition) is 2. The Morgan fingerprint density at radius 3 is 2.43 bits per heavy atom. The van der Waals surface area contributed by atoms with Gasteiger partial charge in [-0.25, -0.2) is 4.79 Å². The van der Waals surface area contributed by atoms with Gasteiger partial charge in [-0.3, -0.25) is 20.4 Å². The van der Waals surface area contributed by atoms with Crippen LogP contribution < -0.4 is 15.6 Å². The molecular formula is C22H24N2O6. The maximum atomic E-state index is 12.2. The van der Waals surface area contributed by atoms with Crippen LogP contribution in [0.3, 0.4) is 0 Å². The number of benzene rings is 2. The molecule has 0 aromatic heterocycles. The van der Waals surface area contributed by atoms with Crippen molar-refractivity contribution >= 4 is 17.8 Å². The Balaban J connectivity index is 1.43. The lowest BCUT2D eigenvalue weighted by Gasteiger charge is -2.14. The van der Waals surface area contributed by atoms with E-state index in [-0.39, 0.29) is 11.7 Å². The van der Waals surface area contributed by atoms with Gasteiger partial charge in [0, 0.05) is 12.2 Å². The molecule has 0 radical (unpaired) electrons. The molecule has 1 aliphatic rings. The lowest BCUT2D eigenvalue weighted by Crippen LogP contribution is -2.46. The van der Waals surface area contributed by atoms with Crippen molar-refractivity contribution in [2.45, 2.75) is 32.0 Å². The molecule has 158 valence electrons. The minimum absolute atomic E-state index is 0.108. The zero-order valence-corrected chi connectivity index (χ0v) is 16.6. The van der Waals surface area contributed by atoms with Crippen molar-refractivity contribution in [1.82, 2.24) is 10.9 Å². The van der Waals surface area contributed by atoms with Crippen LogP contribution in [-0.2, 0) is 14.3 Å². The summed E-state index contributed by atoms with van der Waals surface area (Å²) in [5.74, 6) is -1.15. The summed E-state index contributed by atoms with van der Waals surface area (Å²) in [6.07, 6.45) is 1.04. The number of carbonyl (C=O) groups excluding carboxylic acids is 3. The SMILES string of the molecule is C[C@@H](OC(=O)c1ccc(OC[C@@H]2CCCO2)cc1)C(=O)NNC(=O)c1ccccc1. The number of rotatable bonds is 7. The van der Waals surface area contributed by atoms with Crippen molar-refractivity contribution in [2.24, 2.45) is 0 Å². The Hall–Kier alpha value is -3.39. The predicted octanol–water partition coefficient (Wildman–Crippen LogP) is 2.25. The van der Waals surface area contributed by atoms with Crippen molar-refractivity contribution in [3.8, 4) is 5.75 Å². The molecule has 0 bridgehead atoms. The van der Waals surface area contributed by atoms with Crippen LogP contribution in [0.1, 0.15) is 40.5 Å². The monoisotopic (exact) mass is 412 g/mol. The molecule has 1 saturated heterocycles. The molecule has 3 rings (SSSR count). The maximum Gasteiger partial charge on any atom is 0.338 e. The second kappa shape index (κ2) is 10.4. The first kappa shape index (κ1) is 21.3.